The second-order valence-electron chi connectivity index (χ2n) is 3.38. The Labute approximate surface area is 92.5 Å². The van der Waals surface area contributed by atoms with Crippen molar-refractivity contribution in [3.63, 3.8) is 0 Å². The summed E-state index contributed by atoms with van der Waals surface area (Å²) in [6.07, 6.45) is 2.15. The lowest BCUT2D eigenvalue weighted by molar-refractivity contribution is 0.0921. The van der Waals surface area contributed by atoms with Gasteiger partial charge in [-0.05, 0) is 0 Å². The van der Waals surface area contributed by atoms with Crippen molar-refractivity contribution in [3.8, 4) is 11.3 Å². The monoisotopic (exact) mass is 214 g/mol. The Bertz CT molecular complexity index is 529. The minimum atomic E-state index is -0.217. The van der Waals surface area contributed by atoms with Gasteiger partial charge in [-0.3, -0.25) is 9.59 Å². The van der Waals surface area contributed by atoms with E-state index in [1.54, 1.807) is 0 Å². The third-order valence-electron chi connectivity index (χ3n) is 2.24. The minimum absolute atomic E-state index is 0.217. The number of aldehydes is 1. The molecule has 1 heterocycles. The van der Waals surface area contributed by atoms with E-state index in [9.17, 15) is 9.59 Å². The van der Waals surface area contributed by atoms with E-state index in [2.05, 4.69) is 5.10 Å². The Morgan fingerprint density at radius 1 is 1.31 bits per heavy atom. The zero-order valence-electron chi connectivity index (χ0n) is 8.75. The van der Waals surface area contributed by atoms with Gasteiger partial charge in [0.2, 0.25) is 5.91 Å². The topological polar surface area (TPSA) is 52.0 Å². The fraction of sp³-hybridized carbons (Fsp3) is 0.0833. The first-order valence-corrected chi connectivity index (χ1v) is 4.83. The van der Waals surface area contributed by atoms with Crippen LogP contribution in [-0.2, 0) is 0 Å². The van der Waals surface area contributed by atoms with Gasteiger partial charge < -0.3 is 0 Å². The van der Waals surface area contributed by atoms with Gasteiger partial charge in [0.25, 0.3) is 0 Å². The lowest BCUT2D eigenvalue weighted by Gasteiger charge is -1.96. The highest BCUT2D eigenvalue weighted by atomic mass is 16.2. The van der Waals surface area contributed by atoms with Gasteiger partial charge in [-0.1, -0.05) is 30.3 Å². The smallest absolute Gasteiger partial charge is 0.243 e. The normalized spacial score (nSPS) is 10.1. The maximum absolute atomic E-state index is 11.1. The summed E-state index contributed by atoms with van der Waals surface area (Å²) in [5.41, 5.74) is 1.77. The number of nitrogens with zero attached hydrogens (tertiary/aromatic N) is 2. The van der Waals surface area contributed by atoms with E-state index in [1.807, 2.05) is 30.3 Å². The van der Waals surface area contributed by atoms with E-state index in [0.29, 0.717) is 17.5 Å². The van der Waals surface area contributed by atoms with Crippen molar-refractivity contribution in [2.45, 2.75) is 6.92 Å². The van der Waals surface area contributed by atoms with Crippen LogP contribution in [0, 0.1) is 0 Å². The van der Waals surface area contributed by atoms with Crippen LogP contribution >= 0.6 is 0 Å². The molecule has 0 unspecified atom stereocenters. The highest BCUT2D eigenvalue weighted by Crippen LogP contribution is 2.20. The lowest BCUT2D eigenvalue weighted by atomic mass is 10.1. The first-order valence-electron chi connectivity index (χ1n) is 4.83. The predicted octanol–water partition coefficient (Wildman–Crippen LogP) is 2.02. The number of carbonyl (C=O) groups excluding carboxylic acids is 2. The van der Waals surface area contributed by atoms with Gasteiger partial charge in [0.15, 0.2) is 6.29 Å². The van der Waals surface area contributed by atoms with E-state index < -0.39 is 0 Å². The third kappa shape index (κ3) is 1.77. The van der Waals surface area contributed by atoms with Crippen LogP contribution in [0.25, 0.3) is 11.3 Å². The van der Waals surface area contributed by atoms with E-state index in [4.69, 9.17) is 0 Å². The van der Waals surface area contributed by atoms with Gasteiger partial charge in [-0.15, -0.1) is 0 Å². The summed E-state index contributed by atoms with van der Waals surface area (Å²) in [7, 11) is 0. The van der Waals surface area contributed by atoms with Crippen LogP contribution in [0.1, 0.15) is 22.1 Å². The number of benzene rings is 1. The van der Waals surface area contributed by atoms with E-state index in [-0.39, 0.29) is 5.91 Å². The Morgan fingerprint density at radius 3 is 2.56 bits per heavy atom. The summed E-state index contributed by atoms with van der Waals surface area (Å²) in [6.45, 7) is 1.40. The molecule has 0 saturated heterocycles. The fourth-order valence-corrected chi connectivity index (χ4v) is 1.46. The summed E-state index contributed by atoms with van der Waals surface area (Å²) in [5.74, 6) is -0.217. The maximum atomic E-state index is 11.1. The Hall–Kier alpha value is -2.23. The van der Waals surface area contributed by atoms with Crippen LogP contribution < -0.4 is 0 Å². The van der Waals surface area contributed by atoms with E-state index in [1.165, 1.54) is 17.8 Å². The number of carbonyl (C=O) groups is 2. The Morgan fingerprint density at radius 2 is 2.00 bits per heavy atom. The van der Waals surface area contributed by atoms with Crippen LogP contribution in [0.4, 0.5) is 0 Å². The molecule has 16 heavy (non-hydrogen) atoms. The standard InChI is InChI=1S/C12H10N2O2/c1-9(16)14-7-11(8-15)12(13-14)10-5-3-2-4-6-10/h2-8H,1H3. The van der Waals surface area contributed by atoms with Gasteiger partial charge >= 0.3 is 0 Å². The summed E-state index contributed by atoms with van der Waals surface area (Å²) in [4.78, 5) is 22.0. The van der Waals surface area contributed by atoms with Crippen molar-refractivity contribution in [1.82, 2.24) is 9.78 Å². The first-order chi connectivity index (χ1) is 7.72. The Kier molecular flexibility index (Phi) is 2.64. The summed E-state index contributed by atoms with van der Waals surface area (Å²) in [6, 6.07) is 9.29. The SMILES string of the molecule is CC(=O)n1cc(C=O)c(-c2ccccc2)n1. The molecule has 0 fully saturated rings. The van der Waals surface area contributed by atoms with E-state index in [0.717, 1.165) is 5.56 Å². The molecule has 1 aromatic heterocycles. The van der Waals surface area contributed by atoms with Crippen molar-refractivity contribution in [1.29, 1.82) is 0 Å². The quantitative estimate of drug-likeness (QED) is 0.718. The van der Waals surface area contributed by atoms with Crippen LogP contribution in [0.5, 0.6) is 0 Å². The minimum Gasteiger partial charge on any atom is -0.298 e. The van der Waals surface area contributed by atoms with Crippen molar-refractivity contribution in [2.24, 2.45) is 0 Å². The largest absolute Gasteiger partial charge is 0.298 e. The molecule has 4 heteroatoms. The third-order valence-corrected chi connectivity index (χ3v) is 2.24. The van der Waals surface area contributed by atoms with Crippen LogP contribution in [0.2, 0.25) is 0 Å². The molecule has 0 N–H and O–H groups in total. The molecule has 2 rings (SSSR count). The Balaban J connectivity index is 2.56. The molecule has 4 nitrogen and oxygen atoms in total. The van der Waals surface area contributed by atoms with Gasteiger partial charge in [0.1, 0.15) is 5.69 Å². The van der Waals surface area contributed by atoms with Crippen LogP contribution in [0.15, 0.2) is 36.5 Å². The first kappa shape index (κ1) is 10.3. The molecule has 0 aliphatic rings. The zero-order valence-corrected chi connectivity index (χ0v) is 8.75. The highest BCUT2D eigenvalue weighted by Gasteiger charge is 2.11. The lowest BCUT2D eigenvalue weighted by Crippen LogP contribution is -2.05. The zero-order chi connectivity index (χ0) is 11.5. The second kappa shape index (κ2) is 4.10. The van der Waals surface area contributed by atoms with Crippen molar-refractivity contribution >= 4 is 12.2 Å². The molecular weight excluding hydrogens is 204 g/mol. The molecular formula is C12H10N2O2. The second-order valence-corrected chi connectivity index (χ2v) is 3.38. The van der Waals surface area contributed by atoms with Crippen LogP contribution in [0.3, 0.4) is 0 Å². The number of rotatable bonds is 2. The average molecular weight is 214 g/mol. The van der Waals surface area contributed by atoms with E-state index >= 15 is 0 Å². The molecule has 0 aliphatic heterocycles. The summed E-state index contributed by atoms with van der Waals surface area (Å²) < 4.78 is 1.17. The van der Waals surface area contributed by atoms with Crippen LogP contribution in [-0.4, -0.2) is 22.0 Å². The maximum Gasteiger partial charge on any atom is 0.243 e. The molecule has 0 radical (unpaired) electrons. The molecule has 0 atom stereocenters. The molecule has 2 aromatic rings. The molecule has 80 valence electrons. The van der Waals surface area contributed by atoms with Crippen molar-refractivity contribution in [2.75, 3.05) is 0 Å². The molecule has 0 bridgehead atoms. The molecule has 0 amide bonds. The predicted molar refractivity (Wildman–Crippen MR) is 59.4 cm³/mol. The molecule has 0 aliphatic carbocycles. The van der Waals surface area contributed by atoms with Crippen molar-refractivity contribution in [3.05, 3.63) is 42.1 Å². The summed E-state index contributed by atoms with van der Waals surface area (Å²) >= 11 is 0. The summed E-state index contributed by atoms with van der Waals surface area (Å²) in [5, 5.41) is 4.09. The highest BCUT2D eigenvalue weighted by molar-refractivity contribution is 5.87. The molecule has 0 spiro atoms. The van der Waals surface area contributed by atoms with Gasteiger partial charge in [0.05, 0.1) is 5.56 Å². The fourth-order valence-electron chi connectivity index (χ4n) is 1.46. The molecule has 1 aromatic carbocycles. The number of aromatic nitrogens is 2. The average Bonchev–Trinajstić information content (AvgIpc) is 2.74. The number of hydrogen-bond acceptors (Lipinski definition) is 3. The van der Waals surface area contributed by atoms with Gasteiger partial charge in [-0.2, -0.15) is 5.10 Å². The molecule has 0 saturated carbocycles. The van der Waals surface area contributed by atoms with Crippen molar-refractivity contribution < 1.29 is 9.59 Å². The number of hydrogen-bond donors (Lipinski definition) is 0. The van der Waals surface area contributed by atoms with Gasteiger partial charge in [0, 0.05) is 18.7 Å². The van der Waals surface area contributed by atoms with Gasteiger partial charge in [-0.25, -0.2) is 4.68 Å².